The van der Waals surface area contributed by atoms with E-state index in [0.717, 1.165) is 33.6 Å². The lowest BCUT2D eigenvalue weighted by atomic mass is 10.1. The number of phenolic OH excluding ortho intramolecular Hbond substituents is 1. The van der Waals surface area contributed by atoms with Gasteiger partial charge in [0.1, 0.15) is 18.1 Å². The highest BCUT2D eigenvalue weighted by Crippen LogP contribution is 2.27. The van der Waals surface area contributed by atoms with E-state index >= 15 is 0 Å². The summed E-state index contributed by atoms with van der Waals surface area (Å²) >= 11 is 0. The third-order valence-electron chi connectivity index (χ3n) is 3.54. The molecule has 0 saturated heterocycles. The SMILES string of the molecule is Cc1cc(C)c(OCc2cc(C)c(O)c(C)c2)c(C)c1. The number of hydrogen-bond donors (Lipinski definition) is 1. The van der Waals surface area contributed by atoms with Crippen LogP contribution in [-0.2, 0) is 6.61 Å². The van der Waals surface area contributed by atoms with E-state index in [0.29, 0.717) is 12.4 Å². The molecule has 0 saturated carbocycles. The monoisotopic (exact) mass is 270 g/mol. The molecule has 0 aromatic heterocycles. The Kier molecular flexibility index (Phi) is 4.03. The molecule has 1 N–H and O–H groups in total. The molecule has 0 heterocycles. The lowest BCUT2D eigenvalue weighted by Gasteiger charge is -2.14. The molecule has 20 heavy (non-hydrogen) atoms. The first-order valence-corrected chi connectivity index (χ1v) is 6.88. The fourth-order valence-electron chi connectivity index (χ4n) is 2.68. The van der Waals surface area contributed by atoms with E-state index < -0.39 is 0 Å². The van der Waals surface area contributed by atoms with Crippen LogP contribution < -0.4 is 4.74 Å². The van der Waals surface area contributed by atoms with Crippen molar-refractivity contribution in [2.24, 2.45) is 0 Å². The largest absolute Gasteiger partial charge is 0.507 e. The summed E-state index contributed by atoms with van der Waals surface area (Å²) in [6.07, 6.45) is 0. The minimum Gasteiger partial charge on any atom is -0.507 e. The van der Waals surface area contributed by atoms with Crippen molar-refractivity contribution < 1.29 is 9.84 Å². The number of ether oxygens (including phenoxy) is 1. The maximum Gasteiger partial charge on any atom is 0.125 e. The Morgan fingerprint density at radius 1 is 0.800 bits per heavy atom. The second-order valence-corrected chi connectivity index (χ2v) is 5.59. The van der Waals surface area contributed by atoms with Crippen molar-refractivity contribution in [1.29, 1.82) is 0 Å². The summed E-state index contributed by atoms with van der Waals surface area (Å²) in [5, 5.41) is 9.79. The van der Waals surface area contributed by atoms with Crippen LogP contribution in [0.2, 0.25) is 0 Å². The second-order valence-electron chi connectivity index (χ2n) is 5.59. The maximum absolute atomic E-state index is 9.79. The molecule has 2 aromatic carbocycles. The molecule has 106 valence electrons. The lowest BCUT2D eigenvalue weighted by molar-refractivity contribution is 0.301. The van der Waals surface area contributed by atoms with Gasteiger partial charge in [0.05, 0.1) is 0 Å². The highest BCUT2D eigenvalue weighted by atomic mass is 16.5. The number of aromatic hydroxyl groups is 1. The number of hydrogen-bond acceptors (Lipinski definition) is 2. The van der Waals surface area contributed by atoms with Gasteiger partial charge in [0, 0.05) is 0 Å². The number of benzene rings is 2. The van der Waals surface area contributed by atoms with Crippen molar-refractivity contribution in [2.45, 2.75) is 41.2 Å². The first kappa shape index (κ1) is 14.4. The van der Waals surface area contributed by atoms with Crippen molar-refractivity contribution in [3.05, 3.63) is 57.6 Å². The van der Waals surface area contributed by atoms with Gasteiger partial charge in [-0.05, 0) is 74.6 Å². The second kappa shape index (κ2) is 5.58. The third kappa shape index (κ3) is 2.96. The average molecular weight is 270 g/mol. The Morgan fingerprint density at radius 2 is 1.30 bits per heavy atom. The van der Waals surface area contributed by atoms with Gasteiger partial charge in [0.15, 0.2) is 0 Å². The maximum atomic E-state index is 9.79. The number of phenols is 1. The van der Waals surface area contributed by atoms with Crippen LogP contribution in [0.15, 0.2) is 24.3 Å². The van der Waals surface area contributed by atoms with Gasteiger partial charge in [-0.2, -0.15) is 0 Å². The van der Waals surface area contributed by atoms with Gasteiger partial charge in [0.2, 0.25) is 0 Å². The van der Waals surface area contributed by atoms with E-state index in [1.807, 2.05) is 26.0 Å². The van der Waals surface area contributed by atoms with Gasteiger partial charge in [-0.25, -0.2) is 0 Å². The zero-order chi connectivity index (χ0) is 14.9. The highest BCUT2D eigenvalue weighted by molar-refractivity contribution is 5.44. The molecule has 2 aromatic rings. The zero-order valence-electron chi connectivity index (χ0n) is 12.9. The molecule has 2 nitrogen and oxygen atoms in total. The molecular weight excluding hydrogens is 248 g/mol. The van der Waals surface area contributed by atoms with Crippen LogP contribution in [0.3, 0.4) is 0 Å². The number of aryl methyl sites for hydroxylation is 5. The van der Waals surface area contributed by atoms with E-state index in [2.05, 4.69) is 32.9 Å². The summed E-state index contributed by atoms with van der Waals surface area (Å²) in [6, 6.07) is 8.22. The summed E-state index contributed by atoms with van der Waals surface area (Å²) in [5.74, 6) is 1.33. The van der Waals surface area contributed by atoms with Gasteiger partial charge in [-0.3, -0.25) is 0 Å². The third-order valence-corrected chi connectivity index (χ3v) is 3.54. The molecule has 2 rings (SSSR count). The molecule has 0 bridgehead atoms. The normalized spacial score (nSPS) is 10.7. The molecule has 0 unspecified atom stereocenters. The lowest BCUT2D eigenvalue weighted by Crippen LogP contribution is -2.00. The van der Waals surface area contributed by atoms with Crippen LogP contribution in [0.5, 0.6) is 11.5 Å². The van der Waals surface area contributed by atoms with E-state index in [1.54, 1.807) is 0 Å². The van der Waals surface area contributed by atoms with Crippen molar-refractivity contribution in [3.63, 3.8) is 0 Å². The van der Waals surface area contributed by atoms with Gasteiger partial charge in [-0.1, -0.05) is 17.7 Å². The Labute approximate surface area is 121 Å². The average Bonchev–Trinajstić information content (AvgIpc) is 2.34. The Hall–Kier alpha value is -1.96. The van der Waals surface area contributed by atoms with Gasteiger partial charge >= 0.3 is 0 Å². The van der Waals surface area contributed by atoms with E-state index in [-0.39, 0.29) is 0 Å². The molecule has 0 aliphatic carbocycles. The van der Waals surface area contributed by atoms with Crippen LogP contribution >= 0.6 is 0 Å². The smallest absolute Gasteiger partial charge is 0.125 e. The molecule has 0 amide bonds. The van der Waals surface area contributed by atoms with Crippen LogP contribution in [-0.4, -0.2) is 5.11 Å². The molecule has 0 fully saturated rings. The Balaban J connectivity index is 2.21. The topological polar surface area (TPSA) is 29.5 Å². The summed E-state index contributed by atoms with van der Waals surface area (Å²) in [5.41, 5.74) is 6.44. The Morgan fingerprint density at radius 3 is 1.80 bits per heavy atom. The minimum atomic E-state index is 0.372. The predicted octanol–water partition coefficient (Wildman–Crippen LogP) is 4.51. The molecular formula is C18H22O2. The van der Waals surface area contributed by atoms with Crippen LogP contribution in [0.1, 0.15) is 33.4 Å². The van der Waals surface area contributed by atoms with E-state index in [4.69, 9.17) is 4.74 Å². The molecule has 0 aliphatic heterocycles. The fraction of sp³-hybridized carbons (Fsp3) is 0.333. The minimum absolute atomic E-state index is 0.372. The first-order chi connectivity index (χ1) is 9.38. The summed E-state index contributed by atoms with van der Waals surface area (Å²) in [6.45, 7) is 10.6. The van der Waals surface area contributed by atoms with Crippen molar-refractivity contribution >= 4 is 0 Å². The molecule has 0 radical (unpaired) electrons. The summed E-state index contributed by atoms with van der Waals surface area (Å²) in [4.78, 5) is 0. The molecule has 2 heteroatoms. The van der Waals surface area contributed by atoms with Gasteiger partial charge in [-0.15, -0.1) is 0 Å². The first-order valence-electron chi connectivity index (χ1n) is 6.88. The summed E-state index contributed by atoms with van der Waals surface area (Å²) in [7, 11) is 0. The summed E-state index contributed by atoms with van der Waals surface area (Å²) < 4.78 is 5.98. The number of rotatable bonds is 3. The van der Waals surface area contributed by atoms with E-state index in [1.165, 1.54) is 5.56 Å². The van der Waals surface area contributed by atoms with Crippen molar-refractivity contribution in [2.75, 3.05) is 0 Å². The zero-order valence-corrected chi connectivity index (χ0v) is 12.9. The van der Waals surface area contributed by atoms with Crippen LogP contribution in [0.25, 0.3) is 0 Å². The fourth-order valence-corrected chi connectivity index (χ4v) is 2.68. The van der Waals surface area contributed by atoms with Crippen LogP contribution in [0, 0.1) is 34.6 Å². The highest BCUT2D eigenvalue weighted by Gasteiger charge is 2.07. The molecule has 0 atom stereocenters. The van der Waals surface area contributed by atoms with Crippen molar-refractivity contribution in [1.82, 2.24) is 0 Å². The van der Waals surface area contributed by atoms with Gasteiger partial charge in [0.25, 0.3) is 0 Å². The Bertz CT molecular complexity index is 596. The van der Waals surface area contributed by atoms with Gasteiger partial charge < -0.3 is 9.84 Å². The van der Waals surface area contributed by atoms with E-state index in [9.17, 15) is 5.11 Å². The standard InChI is InChI=1S/C18H22O2/c1-11-6-14(4)18(15(5)7-11)20-10-16-8-12(2)17(19)13(3)9-16/h6-9,19H,10H2,1-5H3. The molecule has 0 aliphatic rings. The van der Waals surface area contributed by atoms with Crippen LogP contribution in [0.4, 0.5) is 0 Å². The predicted molar refractivity (Wildman–Crippen MR) is 82.6 cm³/mol. The quantitative estimate of drug-likeness (QED) is 0.889. The van der Waals surface area contributed by atoms with Crippen molar-refractivity contribution in [3.8, 4) is 11.5 Å². The molecule has 0 spiro atoms.